The average molecular weight is 416 g/mol. The number of rotatable bonds is 3. The van der Waals surface area contributed by atoms with Gasteiger partial charge in [0.1, 0.15) is 11.3 Å². The molecule has 1 fully saturated rings. The van der Waals surface area contributed by atoms with E-state index in [1.165, 1.54) is 0 Å². The molecule has 0 bridgehead atoms. The molecule has 0 atom stereocenters. The van der Waals surface area contributed by atoms with Gasteiger partial charge in [0, 0.05) is 38.1 Å². The van der Waals surface area contributed by atoms with Crippen molar-refractivity contribution in [2.75, 3.05) is 31.1 Å². The number of fused-ring (bicyclic) bond motifs is 1. The number of amides is 1. The fraction of sp³-hybridized carbons (Fsp3) is 0.318. The van der Waals surface area contributed by atoms with Crippen LogP contribution in [-0.2, 0) is 0 Å². The molecule has 1 aliphatic rings. The van der Waals surface area contributed by atoms with Crippen molar-refractivity contribution in [2.24, 2.45) is 0 Å². The van der Waals surface area contributed by atoms with Crippen LogP contribution in [0.15, 0.2) is 42.6 Å². The number of piperazine rings is 1. The highest BCUT2D eigenvalue weighted by molar-refractivity contribution is 5.94. The van der Waals surface area contributed by atoms with Crippen LogP contribution in [0.3, 0.4) is 0 Å². The van der Waals surface area contributed by atoms with Crippen LogP contribution in [0.2, 0.25) is 0 Å². The van der Waals surface area contributed by atoms with Gasteiger partial charge in [0.15, 0.2) is 11.6 Å². The van der Waals surface area contributed by atoms with Crippen LogP contribution < -0.4 is 4.90 Å². The Morgan fingerprint density at radius 3 is 2.35 bits per heavy atom. The first-order valence-electron chi connectivity index (χ1n) is 10.4. The van der Waals surface area contributed by atoms with Crippen LogP contribution in [0.5, 0.6) is 0 Å². The van der Waals surface area contributed by atoms with Gasteiger partial charge in [0.25, 0.3) is 5.91 Å². The molecule has 158 valence electrons. The summed E-state index contributed by atoms with van der Waals surface area (Å²) in [6, 6.07) is 11.7. The predicted molar refractivity (Wildman–Crippen MR) is 117 cm³/mol. The van der Waals surface area contributed by atoms with E-state index in [0.29, 0.717) is 37.7 Å². The summed E-state index contributed by atoms with van der Waals surface area (Å²) < 4.78 is 3.66. The summed E-state index contributed by atoms with van der Waals surface area (Å²) in [6.45, 7) is 8.50. The fourth-order valence-electron chi connectivity index (χ4n) is 4.12. The third kappa shape index (κ3) is 3.41. The Balaban J connectivity index is 1.28. The maximum Gasteiger partial charge on any atom is 0.272 e. The lowest BCUT2D eigenvalue weighted by Crippen LogP contribution is -2.49. The summed E-state index contributed by atoms with van der Waals surface area (Å²) in [4.78, 5) is 21.7. The van der Waals surface area contributed by atoms with Gasteiger partial charge in [0.2, 0.25) is 0 Å². The molecule has 0 saturated carbocycles. The van der Waals surface area contributed by atoms with Crippen molar-refractivity contribution in [3.63, 3.8) is 0 Å². The zero-order valence-electron chi connectivity index (χ0n) is 17.9. The summed E-state index contributed by atoms with van der Waals surface area (Å²) in [7, 11) is 0. The minimum absolute atomic E-state index is 0.0156. The van der Waals surface area contributed by atoms with Crippen molar-refractivity contribution in [3.05, 3.63) is 65.4 Å². The molecular weight excluding hydrogens is 392 g/mol. The lowest BCUT2D eigenvalue weighted by atomic mass is 10.2. The Hall–Kier alpha value is -3.75. The number of pyridine rings is 1. The topological polar surface area (TPSA) is 84.5 Å². The van der Waals surface area contributed by atoms with Crippen LogP contribution in [-0.4, -0.2) is 66.3 Å². The van der Waals surface area contributed by atoms with Crippen molar-refractivity contribution in [1.82, 2.24) is 34.3 Å². The molecule has 9 heteroatoms. The number of hydrogen-bond acceptors (Lipinski definition) is 6. The summed E-state index contributed by atoms with van der Waals surface area (Å²) in [5.41, 5.74) is 4.15. The largest absolute Gasteiger partial charge is 0.352 e. The lowest BCUT2D eigenvalue weighted by molar-refractivity contribution is 0.0738. The number of aryl methyl sites for hydroxylation is 3. The summed E-state index contributed by atoms with van der Waals surface area (Å²) in [6.07, 6.45) is 1.89. The molecule has 4 aromatic rings. The van der Waals surface area contributed by atoms with E-state index < -0.39 is 0 Å². The molecule has 5 rings (SSSR count). The molecule has 5 heterocycles. The highest BCUT2D eigenvalue weighted by Crippen LogP contribution is 2.18. The van der Waals surface area contributed by atoms with Crippen molar-refractivity contribution in [2.45, 2.75) is 20.8 Å². The van der Waals surface area contributed by atoms with Gasteiger partial charge in [0.05, 0.1) is 11.4 Å². The third-order valence-electron chi connectivity index (χ3n) is 5.66. The van der Waals surface area contributed by atoms with Crippen LogP contribution in [0, 0.1) is 20.8 Å². The van der Waals surface area contributed by atoms with Crippen molar-refractivity contribution in [1.29, 1.82) is 0 Å². The molecule has 0 N–H and O–H groups in total. The van der Waals surface area contributed by atoms with Gasteiger partial charge in [-0.3, -0.25) is 9.20 Å². The summed E-state index contributed by atoms with van der Waals surface area (Å²) in [5, 5.41) is 13.2. The van der Waals surface area contributed by atoms with Crippen LogP contribution in [0.4, 0.5) is 5.82 Å². The van der Waals surface area contributed by atoms with Gasteiger partial charge < -0.3 is 9.80 Å². The van der Waals surface area contributed by atoms with E-state index in [1.54, 1.807) is 4.68 Å². The van der Waals surface area contributed by atoms with Gasteiger partial charge >= 0.3 is 0 Å². The molecule has 0 unspecified atom stereocenters. The first-order chi connectivity index (χ1) is 15.0. The van der Waals surface area contributed by atoms with Crippen LogP contribution in [0.1, 0.15) is 27.6 Å². The molecule has 0 aliphatic carbocycles. The molecule has 0 spiro atoms. The maximum absolute atomic E-state index is 13.2. The summed E-state index contributed by atoms with van der Waals surface area (Å²) >= 11 is 0. The Bertz CT molecular complexity index is 1250. The highest BCUT2D eigenvalue weighted by Gasteiger charge is 2.26. The van der Waals surface area contributed by atoms with Crippen molar-refractivity contribution in [3.8, 4) is 5.82 Å². The van der Waals surface area contributed by atoms with E-state index >= 15 is 0 Å². The second-order valence-electron chi connectivity index (χ2n) is 7.84. The third-order valence-corrected chi connectivity index (χ3v) is 5.66. The number of imidazole rings is 1. The van der Waals surface area contributed by atoms with Gasteiger partial charge in [-0.2, -0.15) is 5.10 Å². The smallest absolute Gasteiger partial charge is 0.272 e. The molecule has 1 saturated heterocycles. The van der Waals surface area contributed by atoms with E-state index in [0.717, 1.165) is 28.5 Å². The molecule has 0 aromatic carbocycles. The molecule has 1 amide bonds. The number of nitrogens with zero attached hydrogens (tertiary/aromatic N) is 8. The SMILES string of the molecule is Cc1cc(C)n(-c2ccc(N3CCN(C(=O)c4c(C)nc5ccccn45)CC3)nn2)n1. The van der Waals surface area contributed by atoms with E-state index in [2.05, 4.69) is 25.2 Å². The fourth-order valence-corrected chi connectivity index (χ4v) is 4.12. The zero-order chi connectivity index (χ0) is 21.5. The number of carbonyl (C=O) groups is 1. The van der Waals surface area contributed by atoms with E-state index in [-0.39, 0.29) is 5.91 Å². The van der Waals surface area contributed by atoms with Gasteiger partial charge in [-0.15, -0.1) is 10.2 Å². The molecule has 0 radical (unpaired) electrons. The number of anilines is 1. The van der Waals surface area contributed by atoms with Crippen LogP contribution in [0.25, 0.3) is 11.5 Å². The Labute approximate surface area is 179 Å². The second kappa shape index (κ2) is 7.50. The lowest BCUT2D eigenvalue weighted by Gasteiger charge is -2.35. The standard InChI is InChI=1S/C22H24N8O/c1-15-14-16(2)30(26-15)20-8-7-19(24-25-20)27-10-12-28(13-11-27)22(31)21-17(3)23-18-6-4-5-9-29(18)21/h4-9,14H,10-13H2,1-3H3. The Morgan fingerprint density at radius 1 is 0.935 bits per heavy atom. The predicted octanol–water partition coefficient (Wildman–Crippen LogP) is 2.20. The molecule has 31 heavy (non-hydrogen) atoms. The minimum Gasteiger partial charge on any atom is -0.352 e. The molecule has 4 aromatic heterocycles. The summed E-state index contributed by atoms with van der Waals surface area (Å²) in [5.74, 6) is 1.52. The normalized spacial score (nSPS) is 14.4. The van der Waals surface area contributed by atoms with E-state index in [4.69, 9.17) is 0 Å². The van der Waals surface area contributed by atoms with Gasteiger partial charge in [-0.25, -0.2) is 9.67 Å². The molecular formula is C22H24N8O. The number of aromatic nitrogens is 6. The maximum atomic E-state index is 13.2. The van der Waals surface area contributed by atoms with E-state index in [1.807, 2.05) is 72.7 Å². The quantitative estimate of drug-likeness (QED) is 0.509. The van der Waals surface area contributed by atoms with Crippen molar-refractivity contribution < 1.29 is 4.79 Å². The van der Waals surface area contributed by atoms with Crippen molar-refractivity contribution >= 4 is 17.4 Å². The number of carbonyl (C=O) groups excluding carboxylic acids is 1. The van der Waals surface area contributed by atoms with Crippen LogP contribution >= 0.6 is 0 Å². The Kier molecular flexibility index (Phi) is 4.65. The molecule has 1 aliphatic heterocycles. The van der Waals surface area contributed by atoms with E-state index in [9.17, 15) is 4.79 Å². The number of hydrogen-bond donors (Lipinski definition) is 0. The first-order valence-corrected chi connectivity index (χ1v) is 10.4. The second-order valence-corrected chi connectivity index (χ2v) is 7.84. The Morgan fingerprint density at radius 2 is 1.68 bits per heavy atom. The van der Waals surface area contributed by atoms with Gasteiger partial charge in [-0.1, -0.05) is 6.07 Å². The molecule has 9 nitrogen and oxygen atoms in total. The average Bonchev–Trinajstić information content (AvgIpc) is 3.30. The zero-order valence-corrected chi connectivity index (χ0v) is 17.9. The highest BCUT2D eigenvalue weighted by atomic mass is 16.2. The minimum atomic E-state index is 0.0156. The monoisotopic (exact) mass is 416 g/mol. The van der Waals surface area contributed by atoms with Gasteiger partial charge in [-0.05, 0) is 51.1 Å². The first kappa shape index (κ1) is 19.2.